The van der Waals surface area contributed by atoms with Gasteiger partial charge in [-0.1, -0.05) is 19.3 Å². The Hall–Kier alpha value is 0.0700. The van der Waals surface area contributed by atoms with E-state index in [1.807, 2.05) is 13.2 Å². The molecule has 0 bridgehead atoms. The van der Waals surface area contributed by atoms with Crippen molar-refractivity contribution >= 4 is 30.1 Å². The first-order valence-corrected chi connectivity index (χ1v) is 7.51. The molecule has 3 N–H and O–H groups in total. The molecular formula is C12H25ClN2OS. The number of thioether (sulfide) groups is 1. The smallest absolute Gasteiger partial charge is 0.233 e. The Balaban J connectivity index is 0.00000256. The van der Waals surface area contributed by atoms with E-state index in [2.05, 4.69) is 5.32 Å². The van der Waals surface area contributed by atoms with E-state index in [9.17, 15) is 4.79 Å². The topological polar surface area (TPSA) is 55.1 Å². The number of nitrogens with two attached hydrogens (primary N) is 1. The standard InChI is InChI=1S/C12H24N2OS.ClH/c1-9(16-2)12(15)14-11(8-13)10-6-4-3-5-7-10;/h9-11H,3-8,13H2,1-2H3,(H,14,15);1H. The molecule has 1 aliphatic carbocycles. The second kappa shape index (κ2) is 9.06. The third-order valence-corrected chi connectivity index (χ3v) is 4.44. The van der Waals surface area contributed by atoms with E-state index in [-0.39, 0.29) is 29.6 Å². The van der Waals surface area contributed by atoms with Crippen molar-refractivity contribution in [1.29, 1.82) is 0 Å². The van der Waals surface area contributed by atoms with Crippen molar-refractivity contribution in [2.24, 2.45) is 11.7 Å². The number of carbonyl (C=O) groups excluding carboxylic acids is 1. The maximum Gasteiger partial charge on any atom is 0.233 e. The molecule has 1 amide bonds. The first-order valence-electron chi connectivity index (χ1n) is 6.22. The monoisotopic (exact) mass is 280 g/mol. The van der Waals surface area contributed by atoms with Crippen LogP contribution in [0.5, 0.6) is 0 Å². The van der Waals surface area contributed by atoms with E-state index < -0.39 is 0 Å². The Morgan fingerprint density at radius 2 is 2.00 bits per heavy atom. The van der Waals surface area contributed by atoms with E-state index in [1.165, 1.54) is 32.1 Å². The zero-order valence-corrected chi connectivity index (χ0v) is 12.4. The third-order valence-electron chi connectivity index (χ3n) is 3.52. The van der Waals surface area contributed by atoms with Gasteiger partial charge in [-0.25, -0.2) is 0 Å². The van der Waals surface area contributed by atoms with Gasteiger partial charge in [0, 0.05) is 12.6 Å². The molecule has 17 heavy (non-hydrogen) atoms. The predicted octanol–water partition coefficient (Wildman–Crippen LogP) is 2.18. The minimum absolute atomic E-state index is 0. The van der Waals surface area contributed by atoms with Crippen LogP contribution >= 0.6 is 24.2 Å². The molecule has 2 atom stereocenters. The van der Waals surface area contributed by atoms with Crippen LogP contribution < -0.4 is 11.1 Å². The Morgan fingerprint density at radius 3 is 2.47 bits per heavy atom. The number of carbonyl (C=O) groups is 1. The summed E-state index contributed by atoms with van der Waals surface area (Å²) in [4.78, 5) is 11.8. The Morgan fingerprint density at radius 1 is 1.41 bits per heavy atom. The van der Waals surface area contributed by atoms with Crippen LogP contribution in [-0.2, 0) is 4.79 Å². The SMILES string of the molecule is CSC(C)C(=O)NC(CN)C1CCCCC1.Cl. The molecule has 102 valence electrons. The molecule has 0 saturated heterocycles. The second-order valence-corrected chi connectivity index (χ2v) is 5.81. The van der Waals surface area contributed by atoms with E-state index in [4.69, 9.17) is 5.73 Å². The van der Waals surface area contributed by atoms with Gasteiger partial charge in [-0.2, -0.15) is 11.8 Å². The molecule has 5 heteroatoms. The van der Waals surface area contributed by atoms with Crippen molar-refractivity contribution in [3.63, 3.8) is 0 Å². The maximum atomic E-state index is 11.8. The van der Waals surface area contributed by atoms with Gasteiger partial charge in [-0.05, 0) is 31.9 Å². The molecule has 0 heterocycles. The zero-order valence-electron chi connectivity index (χ0n) is 10.8. The highest BCUT2D eigenvalue weighted by Gasteiger charge is 2.25. The zero-order chi connectivity index (χ0) is 12.0. The summed E-state index contributed by atoms with van der Waals surface area (Å²) in [5.41, 5.74) is 5.77. The molecule has 1 rings (SSSR count). The van der Waals surface area contributed by atoms with Crippen LogP contribution in [0.15, 0.2) is 0 Å². The average Bonchev–Trinajstić information content (AvgIpc) is 2.35. The Kier molecular flexibility index (Phi) is 9.10. The third kappa shape index (κ3) is 5.49. The number of rotatable bonds is 5. The van der Waals surface area contributed by atoms with Crippen molar-refractivity contribution in [2.45, 2.75) is 50.3 Å². The minimum atomic E-state index is 0. The van der Waals surface area contributed by atoms with Gasteiger partial charge in [0.25, 0.3) is 0 Å². The maximum absolute atomic E-state index is 11.8. The quantitative estimate of drug-likeness (QED) is 0.812. The highest BCUT2D eigenvalue weighted by atomic mass is 35.5. The molecule has 0 aromatic rings. The molecule has 3 nitrogen and oxygen atoms in total. The molecule has 0 aromatic carbocycles. The molecule has 0 aliphatic heterocycles. The van der Waals surface area contributed by atoms with Gasteiger partial charge in [-0.3, -0.25) is 4.79 Å². The predicted molar refractivity (Wildman–Crippen MR) is 77.8 cm³/mol. The number of halogens is 1. The van der Waals surface area contributed by atoms with Crippen molar-refractivity contribution in [1.82, 2.24) is 5.32 Å². The summed E-state index contributed by atoms with van der Waals surface area (Å²) >= 11 is 1.58. The summed E-state index contributed by atoms with van der Waals surface area (Å²) in [5, 5.41) is 3.13. The van der Waals surface area contributed by atoms with Crippen LogP contribution in [0.1, 0.15) is 39.0 Å². The highest BCUT2D eigenvalue weighted by Crippen LogP contribution is 2.26. The van der Waals surface area contributed by atoms with Crippen molar-refractivity contribution in [2.75, 3.05) is 12.8 Å². The van der Waals surface area contributed by atoms with Crippen molar-refractivity contribution in [3.8, 4) is 0 Å². The van der Waals surface area contributed by atoms with Gasteiger partial charge in [0.15, 0.2) is 0 Å². The van der Waals surface area contributed by atoms with Crippen LogP contribution in [0, 0.1) is 5.92 Å². The lowest BCUT2D eigenvalue weighted by molar-refractivity contribution is -0.121. The van der Waals surface area contributed by atoms with Crippen molar-refractivity contribution < 1.29 is 4.79 Å². The summed E-state index contributed by atoms with van der Waals surface area (Å²) in [6.07, 6.45) is 8.31. The summed E-state index contributed by atoms with van der Waals surface area (Å²) in [6.45, 7) is 2.51. The average molecular weight is 281 g/mol. The van der Waals surface area contributed by atoms with Crippen molar-refractivity contribution in [3.05, 3.63) is 0 Å². The van der Waals surface area contributed by atoms with Crippen LogP contribution in [-0.4, -0.2) is 30.0 Å². The number of amides is 1. The van der Waals surface area contributed by atoms with Gasteiger partial charge < -0.3 is 11.1 Å². The molecule has 1 aliphatic rings. The van der Waals surface area contributed by atoms with Gasteiger partial charge in [-0.15, -0.1) is 12.4 Å². The summed E-state index contributed by atoms with van der Waals surface area (Å²) in [5.74, 6) is 0.727. The summed E-state index contributed by atoms with van der Waals surface area (Å²) in [6, 6.07) is 0.183. The molecule has 1 saturated carbocycles. The highest BCUT2D eigenvalue weighted by molar-refractivity contribution is 7.99. The van der Waals surface area contributed by atoms with E-state index >= 15 is 0 Å². The molecule has 1 fully saturated rings. The van der Waals surface area contributed by atoms with E-state index in [0.29, 0.717) is 12.5 Å². The second-order valence-electron chi connectivity index (χ2n) is 4.63. The number of hydrogen-bond acceptors (Lipinski definition) is 3. The molecule has 0 aromatic heterocycles. The summed E-state index contributed by atoms with van der Waals surface area (Å²) in [7, 11) is 0. The first-order chi connectivity index (χ1) is 7.69. The van der Waals surface area contributed by atoms with Crippen LogP contribution in [0.3, 0.4) is 0 Å². The van der Waals surface area contributed by atoms with Gasteiger partial charge in [0.1, 0.15) is 0 Å². The van der Waals surface area contributed by atoms with Crippen LogP contribution in [0.4, 0.5) is 0 Å². The molecule has 2 unspecified atom stereocenters. The van der Waals surface area contributed by atoms with E-state index in [1.54, 1.807) is 11.8 Å². The van der Waals surface area contributed by atoms with E-state index in [0.717, 1.165) is 0 Å². The Labute approximate surface area is 115 Å². The Bertz CT molecular complexity index is 223. The summed E-state index contributed by atoms with van der Waals surface area (Å²) < 4.78 is 0. The number of nitrogens with one attached hydrogen (secondary N) is 1. The first kappa shape index (κ1) is 17.1. The lowest BCUT2D eigenvalue weighted by Crippen LogP contribution is -2.48. The fourth-order valence-electron chi connectivity index (χ4n) is 2.31. The normalized spacial score (nSPS) is 20.2. The lowest BCUT2D eigenvalue weighted by Gasteiger charge is -2.30. The fourth-order valence-corrected chi connectivity index (χ4v) is 2.59. The lowest BCUT2D eigenvalue weighted by atomic mass is 9.84. The van der Waals surface area contributed by atoms with Crippen LogP contribution in [0.25, 0.3) is 0 Å². The minimum Gasteiger partial charge on any atom is -0.351 e. The fraction of sp³-hybridized carbons (Fsp3) is 0.917. The largest absolute Gasteiger partial charge is 0.351 e. The van der Waals surface area contributed by atoms with Crippen LogP contribution in [0.2, 0.25) is 0 Å². The van der Waals surface area contributed by atoms with Gasteiger partial charge in [0.05, 0.1) is 5.25 Å². The number of hydrogen-bond donors (Lipinski definition) is 2. The molecule has 0 spiro atoms. The van der Waals surface area contributed by atoms with Gasteiger partial charge in [0.2, 0.25) is 5.91 Å². The van der Waals surface area contributed by atoms with Gasteiger partial charge >= 0.3 is 0 Å². The molecule has 0 radical (unpaired) electrons. The molecular weight excluding hydrogens is 256 g/mol.